The zero-order valence-corrected chi connectivity index (χ0v) is 11.0. The molecule has 0 saturated carbocycles. The molecule has 96 valence electrons. The second-order valence-corrected chi connectivity index (χ2v) is 4.77. The van der Waals surface area contributed by atoms with E-state index in [0.29, 0.717) is 24.8 Å². The fourth-order valence-electron chi connectivity index (χ4n) is 1.48. The highest BCUT2D eigenvalue weighted by molar-refractivity contribution is 5.35. The van der Waals surface area contributed by atoms with Crippen molar-refractivity contribution < 1.29 is 0 Å². The van der Waals surface area contributed by atoms with Gasteiger partial charge in [-0.1, -0.05) is 13.8 Å². The predicted octanol–water partition coefficient (Wildman–Crippen LogP) is 1.05. The average Bonchev–Trinajstić information content (AvgIpc) is 2.31. The van der Waals surface area contributed by atoms with Crippen molar-refractivity contribution >= 4 is 5.82 Å². The molecule has 0 aliphatic rings. The molecule has 0 saturated heterocycles. The lowest BCUT2D eigenvalue weighted by Gasteiger charge is -2.33. The van der Waals surface area contributed by atoms with Crippen molar-refractivity contribution in [3.05, 3.63) is 22.7 Å². The van der Waals surface area contributed by atoms with Crippen LogP contribution in [0.2, 0.25) is 0 Å². The molecule has 1 aromatic heterocycles. The highest BCUT2D eigenvalue weighted by atomic mass is 16.1. The van der Waals surface area contributed by atoms with Crippen LogP contribution in [0.4, 0.5) is 5.82 Å². The molecule has 3 N–H and O–H groups in total. The summed E-state index contributed by atoms with van der Waals surface area (Å²) >= 11 is 0. The molecule has 1 aromatic rings. The first-order valence-electron chi connectivity index (χ1n) is 5.98. The smallest absolute Gasteiger partial charge is 0.293 e. The Labute approximate surface area is 102 Å². The first-order chi connectivity index (χ1) is 7.94. The summed E-state index contributed by atoms with van der Waals surface area (Å²) in [5.74, 6) is 0.681. The van der Waals surface area contributed by atoms with Crippen LogP contribution in [0.3, 0.4) is 0 Å². The van der Waals surface area contributed by atoms with Gasteiger partial charge in [0.25, 0.3) is 5.56 Å². The van der Waals surface area contributed by atoms with Crippen LogP contribution in [0.25, 0.3) is 0 Å². The zero-order valence-electron chi connectivity index (χ0n) is 11.0. The Morgan fingerprint density at radius 1 is 1.59 bits per heavy atom. The molecular formula is C12H22N4O. The number of aryl methyl sites for hydroxylation is 1. The molecule has 0 aromatic carbocycles. The van der Waals surface area contributed by atoms with Crippen molar-refractivity contribution in [1.82, 2.24) is 9.55 Å². The second kappa shape index (κ2) is 5.31. The van der Waals surface area contributed by atoms with Crippen molar-refractivity contribution in [3.63, 3.8) is 0 Å². The third-order valence-corrected chi connectivity index (χ3v) is 3.36. The van der Waals surface area contributed by atoms with E-state index in [-0.39, 0.29) is 11.1 Å². The fraction of sp³-hybridized carbons (Fsp3) is 0.667. The topological polar surface area (TPSA) is 72.9 Å². The van der Waals surface area contributed by atoms with Gasteiger partial charge in [-0.15, -0.1) is 0 Å². The van der Waals surface area contributed by atoms with Crippen LogP contribution in [0.1, 0.15) is 27.7 Å². The summed E-state index contributed by atoms with van der Waals surface area (Å²) in [6.45, 7) is 9.16. The Bertz CT molecular complexity index is 427. The maximum absolute atomic E-state index is 12.0. The molecule has 0 fully saturated rings. The number of aromatic nitrogens is 2. The first kappa shape index (κ1) is 13.7. The second-order valence-electron chi connectivity index (χ2n) is 4.77. The predicted molar refractivity (Wildman–Crippen MR) is 70.1 cm³/mol. The number of rotatable bonds is 5. The van der Waals surface area contributed by atoms with Crippen molar-refractivity contribution in [2.24, 2.45) is 11.7 Å². The SMILES string of the molecule is CCn1ccnc(NC(C)(CN)C(C)C)c1=O. The maximum atomic E-state index is 12.0. The van der Waals surface area contributed by atoms with E-state index in [4.69, 9.17) is 5.73 Å². The minimum atomic E-state index is -0.320. The monoisotopic (exact) mass is 238 g/mol. The molecule has 5 nitrogen and oxygen atoms in total. The Morgan fingerprint density at radius 2 is 2.24 bits per heavy atom. The normalized spacial score (nSPS) is 14.7. The lowest BCUT2D eigenvalue weighted by atomic mass is 9.88. The van der Waals surface area contributed by atoms with Gasteiger partial charge < -0.3 is 15.6 Å². The van der Waals surface area contributed by atoms with E-state index < -0.39 is 0 Å². The van der Waals surface area contributed by atoms with Crippen molar-refractivity contribution in [2.75, 3.05) is 11.9 Å². The van der Waals surface area contributed by atoms with E-state index in [0.717, 1.165) is 0 Å². The Balaban J connectivity index is 3.07. The van der Waals surface area contributed by atoms with E-state index >= 15 is 0 Å². The summed E-state index contributed by atoms with van der Waals surface area (Å²) in [5.41, 5.74) is 5.36. The zero-order chi connectivity index (χ0) is 13.1. The summed E-state index contributed by atoms with van der Waals surface area (Å²) in [5, 5.41) is 3.18. The number of hydrogen-bond donors (Lipinski definition) is 2. The van der Waals surface area contributed by atoms with Gasteiger partial charge in [-0.25, -0.2) is 4.98 Å². The van der Waals surface area contributed by atoms with E-state index in [1.54, 1.807) is 17.0 Å². The molecule has 0 spiro atoms. The molecule has 0 radical (unpaired) electrons. The van der Waals surface area contributed by atoms with Gasteiger partial charge in [-0.3, -0.25) is 4.79 Å². The number of nitrogens with one attached hydrogen (secondary N) is 1. The van der Waals surface area contributed by atoms with Gasteiger partial charge >= 0.3 is 0 Å². The van der Waals surface area contributed by atoms with Crippen LogP contribution in [-0.2, 0) is 6.54 Å². The molecule has 1 atom stereocenters. The van der Waals surface area contributed by atoms with E-state index in [2.05, 4.69) is 24.1 Å². The molecule has 0 aliphatic carbocycles. The van der Waals surface area contributed by atoms with Gasteiger partial charge in [-0.05, 0) is 19.8 Å². The molecule has 0 bridgehead atoms. The van der Waals surface area contributed by atoms with Crippen LogP contribution < -0.4 is 16.6 Å². The maximum Gasteiger partial charge on any atom is 0.293 e. The number of nitrogens with two attached hydrogens (primary N) is 1. The summed E-state index contributed by atoms with van der Waals surface area (Å²) in [6, 6.07) is 0. The van der Waals surface area contributed by atoms with Crippen molar-refractivity contribution in [1.29, 1.82) is 0 Å². The minimum absolute atomic E-state index is 0.102. The molecule has 5 heteroatoms. The Hall–Kier alpha value is -1.36. The summed E-state index contributed by atoms with van der Waals surface area (Å²) < 4.78 is 1.62. The van der Waals surface area contributed by atoms with Crippen LogP contribution in [0.5, 0.6) is 0 Å². The van der Waals surface area contributed by atoms with E-state index in [1.165, 1.54) is 0 Å². The molecule has 17 heavy (non-hydrogen) atoms. The molecule has 1 heterocycles. The molecule has 0 amide bonds. The summed E-state index contributed by atoms with van der Waals surface area (Å²) in [4.78, 5) is 16.1. The first-order valence-corrected chi connectivity index (χ1v) is 5.98. The fourth-order valence-corrected chi connectivity index (χ4v) is 1.48. The minimum Gasteiger partial charge on any atom is -0.359 e. The molecule has 0 aliphatic heterocycles. The Morgan fingerprint density at radius 3 is 2.71 bits per heavy atom. The van der Waals surface area contributed by atoms with Crippen LogP contribution >= 0.6 is 0 Å². The quantitative estimate of drug-likeness (QED) is 0.804. The summed E-state index contributed by atoms with van der Waals surface area (Å²) in [7, 11) is 0. The molecule has 1 unspecified atom stereocenters. The highest BCUT2D eigenvalue weighted by Gasteiger charge is 2.27. The van der Waals surface area contributed by atoms with Crippen molar-refractivity contribution in [2.45, 2.75) is 39.8 Å². The van der Waals surface area contributed by atoms with Gasteiger partial charge in [0.1, 0.15) is 0 Å². The average molecular weight is 238 g/mol. The number of anilines is 1. The number of nitrogens with zero attached hydrogens (tertiary/aromatic N) is 2. The van der Waals surface area contributed by atoms with Gasteiger partial charge in [-0.2, -0.15) is 0 Å². The molecule has 1 rings (SSSR count). The highest BCUT2D eigenvalue weighted by Crippen LogP contribution is 2.18. The van der Waals surface area contributed by atoms with Crippen LogP contribution in [0.15, 0.2) is 17.2 Å². The molecular weight excluding hydrogens is 216 g/mol. The Kier molecular flexibility index (Phi) is 4.28. The summed E-state index contributed by atoms with van der Waals surface area (Å²) in [6.07, 6.45) is 3.31. The lowest BCUT2D eigenvalue weighted by molar-refractivity contribution is 0.380. The van der Waals surface area contributed by atoms with Crippen LogP contribution in [0, 0.1) is 5.92 Å². The van der Waals surface area contributed by atoms with Gasteiger partial charge in [0, 0.05) is 25.5 Å². The third kappa shape index (κ3) is 2.85. The lowest BCUT2D eigenvalue weighted by Crippen LogP contribution is -2.48. The van der Waals surface area contributed by atoms with Gasteiger partial charge in [0.05, 0.1) is 5.54 Å². The standard InChI is InChI=1S/C12H22N4O/c1-5-16-7-6-14-10(11(16)17)15-12(4,8-13)9(2)3/h6-7,9H,5,8,13H2,1-4H3,(H,14,15). The number of hydrogen-bond acceptors (Lipinski definition) is 4. The third-order valence-electron chi connectivity index (χ3n) is 3.36. The van der Waals surface area contributed by atoms with Crippen molar-refractivity contribution in [3.8, 4) is 0 Å². The van der Waals surface area contributed by atoms with Gasteiger partial charge in [0.2, 0.25) is 0 Å². The van der Waals surface area contributed by atoms with Crippen LogP contribution in [-0.4, -0.2) is 21.6 Å². The van der Waals surface area contributed by atoms with Gasteiger partial charge in [0.15, 0.2) is 5.82 Å². The van der Waals surface area contributed by atoms with E-state index in [9.17, 15) is 4.79 Å². The largest absolute Gasteiger partial charge is 0.359 e. The van der Waals surface area contributed by atoms with E-state index in [1.807, 2.05) is 13.8 Å².